The topological polar surface area (TPSA) is 66.6 Å². The van der Waals surface area contributed by atoms with E-state index >= 15 is 0 Å². The van der Waals surface area contributed by atoms with E-state index in [1.807, 2.05) is 4.90 Å². The van der Waals surface area contributed by atoms with Crippen LogP contribution in [0.3, 0.4) is 0 Å². The number of hydrogen-bond donors (Lipinski definition) is 1. The minimum atomic E-state index is -0.260. The Kier molecular flexibility index (Phi) is 5.57. The lowest BCUT2D eigenvalue weighted by atomic mass is 9.89. The second-order valence-corrected chi connectivity index (χ2v) is 7.75. The lowest BCUT2D eigenvalue weighted by Crippen LogP contribution is -2.48. The summed E-state index contributed by atoms with van der Waals surface area (Å²) in [4.78, 5) is 28.4. The summed E-state index contributed by atoms with van der Waals surface area (Å²) in [5.41, 5.74) is 5.43. The zero-order chi connectivity index (χ0) is 16.2. The molecule has 3 aliphatic rings. The van der Waals surface area contributed by atoms with Crippen molar-refractivity contribution in [3.05, 3.63) is 0 Å². The number of likely N-dealkylation sites (tertiary alicyclic amines) is 1. The van der Waals surface area contributed by atoms with Crippen molar-refractivity contribution < 1.29 is 9.59 Å². The Morgan fingerprint density at radius 3 is 2.39 bits per heavy atom. The van der Waals surface area contributed by atoms with Gasteiger partial charge in [0.15, 0.2) is 0 Å². The normalized spacial score (nSPS) is 26.5. The van der Waals surface area contributed by atoms with Crippen LogP contribution in [0.15, 0.2) is 0 Å². The number of nitrogens with two attached hydrogens (primary N) is 1. The number of carbonyl (C=O) groups is 2. The molecule has 2 N–H and O–H groups in total. The maximum absolute atomic E-state index is 12.7. The molecule has 3 fully saturated rings. The molecule has 2 aliphatic carbocycles. The van der Waals surface area contributed by atoms with Gasteiger partial charge in [0.25, 0.3) is 0 Å². The van der Waals surface area contributed by atoms with Gasteiger partial charge in [0.05, 0.1) is 12.5 Å². The van der Waals surface area contributed by atoms with Gasteiger partial charge in [-0.1, -0.05) is 19.3 Å². The summed E-state index contributed by atoms with van der Waals surface area (Å²) in [6, 6.07) is 0.623. The Labute approximate surface area is 139 Å². The second kappa shape index (κ2) is 7.65. The summed E-state index contributed by atoms with van der Waals surface area (Å²) in [5.74, 6) is 0.555. The molecule has 1 atom stereocenters. The number of primary amides is 1. The molecule has 130 valence electrons. The fourth-order valence-electron chi connectivity index (χ4n) is 4.19. The van der Waals surface area contributed by atoms with Crippen molar-refractivity contribution in [1.29, 1.82) is 0 Å². The first-order chi connectivity index (χ1) is 11.1. The van der Waals surface area contributed by atoms with E-state index in [0.717, 1.165) is 31.8 Å². The molecule has 0 spiro atoms. The minimum absolute atomic E-state index is 0.152. The number of piperidine rings is 1. The van der Waals surface area contributed by atoms with E-state index in [-0.39, 0.29) is 17.7 Å². The van der Waals surface area contributed by atoms with Gasteiger partial charge in [-0.2, -0.15) is 0 Å². The number of amides is 2. The molecule has 3 rings (SSSR count). The van der Waals surface area contributed by atoms with E-state index < -0.39 is 0 Å². The summed E-state index contributed by atoms with van der Waals surface area (Å²) in [7, 11) is 0. The Hall–Kier alpha value is -1.10. The van der Waals surface area contributed by atoms with E-state index in [4.69, 9.17) is 5.73 Å². The standard InChI is InChI=1S/C18H31N3O2/c19-18(23)15-7-4-10-20(12-15)17(22)13-21(16-8-9-16)11-14-5-2-1-3-6-14/h14-16H,1-13H2,(H2,19,23). The van der Waals surface area contributed by atoms with Gasteiger partial charge in [-0.15, -0.1) is 0 Å². The van der Waals surface area contributed by atoms with Crippen molar-refractivity contribution in [1.82, 2.24) is 9.80 Å². The lowest BCUT2D eigenvalue weighted by molar-refractivity contribution is -0.136. The summed E-state index contributed by atoms with van der Waals surface area (Å²) in [5, 5.41) is 0. The Bertz CT molecular complexity index is 430. The third-order valence-electron chi connectivity index (χ3n) is 5.80. The molecule has 0 aromatic heterocycles. The molecule has 0 aromatic rings. The van der Waals surface area contributed by atoms with E-state index in [2.05, 4.69) is 4.90 Å². The molecule has 1 saturated heterocycles. The number of hydrogen-bond acceptors (Lipinski definition) is 3. The quantitative estimate of drug-likeness (QED) is 0.810. The molecular formula is C18H31N3O2. The maximum Gasteiger partial charge on any atom is 0.236 e. The lowest BCUT2D eigenvalue weighted by Gasteiger charge is -2.34. The molecule has 2 amide bonds. The van der Waals surface area contributed by atoms with Crippen molar-refractivity contribution in [2.24, 2.45) is 17.6 Å². The van der Waals surface area contributed by atoms with Crippen LogP contribution in [-0.4, -0.2) is 53.8 Å². The monoisotopic (exact) mass is 321 g/mol. The van der Waals surface area contributed by atoms with E-state index in [0.29, 0.717) is 19.1 Å². The summed E-state index contributed by atoms with van der Waals surface area (Å²) in [6.07, 6.45) is 10.9. The Morgan fingerprint density at radius 1 is 1.00 bits per heavy atom. The van der Waals surface area contributed by atoms with Gasteiger partial charge in [-0.3, -0.25) is 14.5 Å². The highest BCUT2D eigenvalue weighted by Crippen LogP contribution is 2.31. The van der Waals surface area contributed by atoms with Gasteiger partial charge >= 0.3 is 0 Å². The molecule has 2 saturated carbocycles. The van der Waals surface area contributed by atoms with Gasteiger partial charge in [-0.25, -0.2) is 0 Å². The average Bonchev–Trinajstić information content (AvgIpc) is 3.40. The predicted octanol–water partition coefficient (Wildman–Crippen LogP) is 1.75. The third-order valence-corrected chi connectivity index (χ3v) is 5.80. The number of rotatable bonds is 6. The Morgan fingerprint density at radius 2 is 1.74 bits per heavy atom. The third kappa shape index (κ3) is 4.69. The van der Waals surface area contributed by atoms with Crippen LogP contribution in [0, 0.1) is 11.8 Å². The first-order valence-corrected chi connectivity index (χ1v) is 9.44. The molecule has 5 heteroatoms. The van der Waals surface area contributed by atoms with Crippen molar-refractivity contribution in [3.63, 3.8) is 0 Å². The van der Waals surface area contributed by atoms with Crippen molar-refractivity contribution >= 4 is 11.8 Å². The molecule has 1 unspecified atom stereocenters. The molecule has 0 radical (unpaired) electrons. The fraction of sp³-hybridized carbons (Fsp3) is 0.889. The van der Waals surface area contributed by atoms with Gasteiger partial charge < -0.3 is 10.6 Å². The number of carbonyl (C=O) groups excluding carboxylic acids is 2. The molecule has 0 bridgehead atoms. The molecule has 0 aromatic carbocycles. The smallest absolute Gasteiger partial charge is 0.236 e. The zero-order valence-electron chi connectivity index (χ0n) is 14.2. The highest BCUT2D eigenvalue weighted by Gasteiger charge is 2.34. The molecule has 23 heavy (non-hydrogen) atoms. The van der Waals surface area contributed by atoms with Crippen LogP contribution in [0.25, 0.3) is 0 Å². The number of nitrogens with zero attached hydrogens (tertiary/aromatic N) is 2. The van der Waals surface area contributed by atoms with Crippen LogP contribution in [0.5, 0.6) is 0 Å². The molecule has 1 heterocycles. The first-order valence-electron chi connectivity index (χ1n) is 9.44. The van der Waals surface area contributed by atoms with Crippen molar-refractivity contribution in [3.8, 4) is 0 Å². The summed E-state index contributed by atoms with van der Waals surface area (Å²) in [6.45, 7) is 2.93. The van der Waals surface area contributed by atoms with Crippen LogP contribution in [0.1, 0.15) is 57.8 Å². The highest BCUT2D eigenvalue weighted by molar-refractivity contribution is 5.81. The van der Waals surface area contributed by atoms with Crippen LogP contribution in [-0.2, 0) is 9.59 Å². The van der Waals surface area contributed by atoms with Gasteiger partial charge in [0, 0.05) is 25.7 Å². The van der Waals surface area contributed by atoms with Crippen LogP contribution in [0.4, 0.5) is 0 Å². The largest absolute Gasteiger partial charge is 0.369 e. The van der Waals surface area contributed by atoms with Crippen LogP contribution >= 0.6 is 0 Å². The van der Waals surface area contributed by atoms with E-state index in [1.54, 1.807) is 0 Å². The molecule has 5 nitrogen and oxygen atoms in total. The van der Waals surface area contributed by atoms with Gasteiger partial charge in [0.2, 0.25) is 11.8 Å². The maximum atomic E-state index is 12.7. The Balaban J connectivity index is 1.52. The minimum Gasteiger partial charge on any atom is -0.369 e. The second-order valence-electron chi connectivity index (χ2n) is 7.75. The molecule has 1 aliphatic heterocycles. The predicted molar refractivity (Wildman–Crippen MR) is 89.7 cm³/mol. The zero-order valence-corrected chi connectivity index (χ0v) is 14.2. The SMILES string of the molecule is NC(=O)C1CCCN(C(=O)CN(CC2CCCCC2)C2CC2)C1. The van der Waals surface area contributed by atoms with E-state index in [9.17, 15) is 9.59 Å². The van der Waals surface area contributed by atoms with Crippen molar-refractivity contribution in [2.45, 2.75) is 63.8 Å². The van der Waals surface area contributed by atoms with Gasteiger partial charge in [-0.05, 0) is 44.4 Å². The van der Waals surface area contributed by atoms with Crippen LogP contribution in [0.2, 0.25) is 0 Å². The summed E-state index contributed by atoms with van der Waals surface area (Å²) >= 11 is 0. The average molecular weight is 321 g/mol. The fourth-order valence-corrected chi connectivity index (χ4v) is 4.19. The molecular weight excluding hydrogens is 290 g/mol. The van der Waals surface area contributed by atoms with Crippen molar-refractivity contribution in [2.75, 3.05) is 26.2 Å². The van der Waals surface area contributed by atoms with Crippen LogP contribution < -0.4 is 5.73 Å². The highest BCUT2D eigenvalue weighted by atomic mass is 16.2. The summed E-state index contributed by atoms with van der Waals surface area (Å²) < 4.78 is 0. The van der Waals surface area contributed by atoms with Gasteiger partial charge in [0.1, 0.15) is 0 Å². The first kappa shape index (κ1) is 16.7. The van der Waals surface area contributed by atoms with E-state index in [1.165, 1.54) is 44.9 Å².